The molecule has 0 aliphatic rings. The van der Waals surface area contributed by atoms with Crippen molar-refractivity contribution < 1.29 is 9.90 Å². The summed E-state index contributed by atoms with van der Waals surface area (Å²) in [7, 11) is 0. The molecule has 18 heavy (non-hydrogen) atoms. The summed E-state index contributed by atoms with van der Waals surface area (Å²) in [5.74, 6) is -0.628. The van der Waals surface area contributed by atoms with Gasteiger partial charge in [-0.2, -0.15) is 0 Å². The molecule has 0 saturated heterocycles. The minimum Gasteiger partial charge on any atom is -0.478 e. The molecule has 0 amide bonds. The van der Waals surface area contributed by atoms with Crippen molar-refractivity contribution in [2.24, 2.45) is 0 Å². The lowest BCUT2D eigenvalue weighted by Crippen LogP contribution is -2.37. The summed E-state index contributed by atoms with van der Waals surface area (Å²) in [6.07, 6.45) is 4.20. The number of nitrogens with two attached hydrogens (primary N) is 1. The normalized spacial score (nSPS) is 11.3. The predicted molar refractivity (Wildman–Crippen MR) is 72.8 cm³/mol. The number of anilines is 2. The molecule has 0 aromatic carbocycles. The first-order valence-corrected chi connectivity index (χ1v) is 6.25. The zero-order chi connectivity index (χ0) is 13.8. The SMILES string of the molecule is CCC(CC)(CC)Nc1ncc(N)cc1C(=O)O. The average molecular weight is 251 g/mol. The number of nitrogen functional groups attached to an aromatic ring is 1. The lowest BCUT2D eigenvalue weighted by Gasteiger charge is -2.32. The van der Waals surface area contributed by atoms with E-state index in [0.29, 0.717) is 11.5 Å². The summed E-state index contributed by atoms with van der Waals surface area (Å²) in [6, 6.07) is 1.43. The van der Waals surface area contributed by atoms with E-state index in [4.69, 9.17) is 10.8 Å². The van der Waals surface area contributed by atoms with Gasteiger partial charge >= 0.3 is 5.97 Å². The molecule has 0 unspecified atom stereocenters. The van der Waals surface area contributed by atoms with Crippen LogP contribution >= 0.6 is 0 Å². The summed E-state index contributed by atoms with van der Waals surface area (Å²) in [4.78, 5) is 15.3. The van der Waals surface area contributed by atoms with Gasteiger partial charge in [-0.1, -0.05) is 20.8 Å². The highest BCUT2D eigenvalue weighted by Gasteiger charge is 2.26. The van der Waals surface area contributed by atoms with Gasteiger partial charge in [-0.25, -0.2) is 9.78 Å². The van der Waals surface area contributed by atoms with E-state index in [1.807, 2.05) is 0 Å². The molecule has 5 heteroatoms. The Hall–Kier alpha value is -1.78. The van der Waals surface area contributed by atoms with Gasteiger partial charge in [0.05, 0.1) is 11.9 Å². The number of nitrogens with one attached hydrogen (secondary N) is 1. The second-order valence-corrected chi connectivity index (χ2v) is 4.44. The first-order chi connectivity index (χ1) is 8.48. The number of carboxylic acids is 1. The van der Waals surface area contributed by atoms with Crippen molar-refractivity contribution in [3.63, 3.8) is 0 Å². The van der Waals surface area contributed by atoms with Crippen molar-refractivity contribution in [1.29, 1.82) is 0 Å². The van der Waals surface area contributed by atoms with Crippen LogP contribution in [0.3, 0.4) is 0 Å². The lowest BCUT2D eigenvalue weighted by molar-refractivity contribution is 0.0697. The van der Waals surface area contributed by atoms with Gasteiger partial charge in [-0.05, 0) is 25.3 Å². The van der Waals surface area contributed by atoms with Crippen LogP contribution in [0.4, 0.5) is 11.5 Å². The van der Waals surface area contributed by atoms with Crippen LogP contribution in [-0.2, 0) is 0 Å². The topological polar surface area (TPSA) is 88.2 Å². The van der Waals surface area contributed by atoms with Gasteiger partial charge in [0, 0.05) is 5.54 Å². The van der Waals surface area contributed by atoms with Crippen LogP contribution in [0.1, 0.15) is 50.4 Å². The number of carboxylic acid groups (broad SMARTS) is 1. The number of rotatable bonds is 6. The summed E-state index contributed by atoms with van der Waals surface area (Å²) in [5, 5.41) is 12.4. The third-order valence-corrected chi connectivity index (χ3v) is 3.55. The zero-order valence-electron chi connectivity index (χ0n) is 11.2. The molecular formula is C13H21N3O2. The molecule has 0 saturated carbocycles. The van der Waals surface area contributed by atoms with Crippen LogP contribution in [0.5, 0.6) is 0 Å². The number of carbonyl (C=O) groups is 1. The molecule has 1 aromatic rings. The summed E-state index contributed by atoms with van der Waals surface area (Å²) in [5.41, 5.74) is 5.93. The smallest absolute Gasteiger partial charge is 0.339 e. The number of pyridine rings is 1. The van der Waals surface area contributed by atoms with E-state index in [-0.39, 0.29) is 11.1 Å². The van der Waals surface area contributed by atoms with Crippen molar-refractivity contribution in [2.45, 2.75) is 45.6 Å². The lowest BCUT2D eigenvalue weighted by atomic mass is 9.89. The highest BCUT2D eigenvalue weighted by atomic mass is 16.4. The van der Waals surface area contributed by atoms with Gasteiger partial charge in [-0.15, -0.1) is 0 Å². The molecule has 1 rings (SSSR count). The third kappa shape index (κ3) is 2.91. The molecule has 0 aliphatic carbocycles. The Kier molecular flexibility index (Phi) is 4.53. The Bertz CT molecular complexity index is 420. The molecule has 0 fully saturated rings. The minimum atomic E-state index is -1.02. The number of aromatic carboxylic acids is 1. The van der Waals surface area contributed by atoms with Crippen molar-refractivity contribution in [2.75, 3.05) is 11.1 Å². The van der Waals surface area contributed by atoms with Crippen molar-refractivity contribution in [3.05, 3.63) is 17.8 Å². The number of nitrogens with zero attached hydrogens (tertiary/aromatic N) is 1. The number of aromatic nitrogens is 1. The monoisotopic (exact) mass is 251 g/mol. The van der Waals surface area contributed by atoms with Crippen molar-refractivity contribution >= 4 is 17.5 Å². The van der Waals surface area contributed by atoms with Gasteiger partial charge in [0.2, 0.25) is 0 Å². The molecule has 4 N–H and O–H groups in total. The standard InChI is InChI=1S/C13H21N3O2/c1-4-13(5-2,6-3)16-11-10(12(17)18)7-9(14)8-15-11/h7-8H,4-6,14H2,1-3H3,(H,15,16)(H,17,18). The van der Waals surface area contributed by atoms with Crippen LogP contribution in [0.2, 0.25) is 0 Å². The van der Waals surface area contributed by atoms with E-state index < -0.39 is 5.97 Å². The van der Waals surface area contributed by atoms with Gasteiger partial charge in [0.15, 0.2) is 0 Å². The second kappa shape index (κ2) is 5.71. The average Bonchev–Trinajstić information content (AvgIpc) is 2.37. The van der Waals surface area contributed by atoms with Gasteiger partial charge in [0.1, 0.15) is 11.4 Å². The molecule has 1 heterocycles. The third-order valence-electron chi connectivity index (χ3n) is 3.55. The maximum Gasteiger partial charge on any atom is 0.339 e. The van der Waals surface area contributed by atoms with Crippen LogP contribution < -0.4 is 11.1 Å². The van der Waals surface area contributed by atoms with Gasteiger partial charge < -0.3 is 16.2 Å². The van der Waals surface area contributed by atoms with Gasteiger partial charge in [-0.3, -0.25) is 0 Å². The Balaban J connectivity index is 3.13. The number of hydrogen-bond acceptors (Lipinski definition) is 4. The zero-order valence-corrected chi connectivity index (χ0v) is 11.2. The van der Waals surface area contributed by atoms with Crippen LogP contribution in [0.15, 0.2) is 12.3 Å². The largest absolute Gasteiger partial charge is 0.478 e. The molecule has 0 bridgehead atoms. The van der Waals surface area contributed by atoms with E-state index in [0.717, 1.165) is 19.3 Å². The molecule has 0 radical (unpaired) electrons. The van der Waals surface area contributed by atoms with E-state index in [1.54, 1.807) is 0 Å². The molecule has 0 spiro atoms. The van der Waals surface area contributed by atoms with Crippen LogP contribution in [0, 0.1) is 0 Å². The summed E-state index contributed by atoms with van der Waals surface area (Å²) < 4.78 is 0. The Morgan fingerprint density at radius 2 is 1.94 bits per heavy atom. The Morgan fingerprint density at radius 3 is 2.39 bits per heavy atom. The minimum absolute atomic E-state index is 0.118. The molecule has 0 aliphatic heterocycles. The fraction of sp³-hybridized carbons (Fsp3) is 0.538. The first kappa shape index (κ1) is 14.3. The molecular weight excluding hydrogens is 230 g/mol. The van der Waals surface area contributed by atoms with Crippen molar-refractivity contribution in [3.8, 4) is 0 Å². The van der Waals surface area contributed by atoms with Crippen molar-refractivity contribution in [1.82, 2.24) is 4.98 Å². The van der Waals surface area contributed by atoms with Gasteiger partial charge in [0.25, 0.3) is 0 Å². The molecule has 0 atom stereocenters. The Morgan fingerprint density at radius 1 is 1.39 bits per heavy atom. The molecule has 1 aromatic heterocycles. The van der Waals surface area contributed by atoms with E-state index >= 15 is 0 Å². The highest BCUT2D eigenvalue weighted by Crippen LogP contribution is 2.27. The first-order valence-electron chi connectivity index (χ1n) is 6.25. The van der Waals surface area contributed by atoms with E-state index in [9.17, 15) is 4.79 Å². The maximum absolute atomic E-state index is 11.2. The summed E-state index contributed by atoms with van der Waals surface area (Å²) in [6.45, 7) is 6.24. The Labute approximate surface area is 107 Å². The highest BCUT2D eigenvalue weighted by molar-refractivity contribution is 5.94. The van der Waals surface area contributed by atoms with E-state index in [1.165, 1.54) is 12.3 Å². The second-order valence-electron chi connectivity index (χ2n) is 4.44. The quantitative estimate of drug-likeness (QED) is 0.723. The predicted octanol–water partition coefficient (Wildman–Crippen LogP) is 2.74. The maximum atomic E-state index is 11.2. The summed E-state index contributed by atoms with van der Waals surface area (Å²) >= 11 is 0. The fourth-order valence-electron chi connectivity index (χ4n) is 2.01. The molecule has 100 valence electrons. The number of hydrogen-bond donors (Lipinski definition) is 3. The molecule has 5 nitrogen and oxygen atoms in total. The fourth-order valence-corrected chi connectivity index (χ4v) is 2.01. The van der Waals surface area contributed by atoms with Crippen LogP contribution in [0.25, 0.3) is 0 Å². The van der Waals surface area contributed by atoms with E-state index in [2.05, 4.69) is 31.1 Å². The van der Waals surface area contributed by atoms with Crippen LogP contribution in [-0.4, -0.2) is 21.6 Å².